The van der Waals surface area contributed by atoms with E-state index in [0.29, 0.717) is 11.7 Å². The van der Waals surface area contributed by atoms with E-state index in [1.807, 2.05) is 28.1 Å². The zero-order chi connectivity index (χ0) is 9.26. The van der Waals surface area contributed by atoms with Crippen molar-refractivity contribution in [3.63, 3.8) is 0 Å². The summed E-state index contributed by atoms with van der Waals surface area (Å²) in [5.41, 5.74) is 6.25. The van der Waals surface area contributed by atoms with Crippen LogP contribution in [-0.2, 0) is 0 Å². The number of hydrogen-bond donors (Lipinski definition) is 1. The highest BCUT2D eigenvalue weighted by molar-refractivity contribution is 7.15. The second-order valence-corrected chi connectivity index (χ2v) is 3.71. The minimum absolute atomic E-state index is 0.508. The van der Waals surface area contributed by atoms with Crippen LogP contribution in [0.4, 0.5) is 0 Å². The maximum Gasteiger partial charge on any atom is 0.195 e. The first-order valence-electron chi connectivity index (χ1n) is 3.80. The van der Waals surface area contributed by atoms with E-state index in [0.717, 1.165) is 10.7 Å². The molecule has 0 aliphatic heterocycles. The molecule has 0 aliphatic rings. The van der Waals surface area contributed by atoms with Crippen LogP contribution < -0.4 is 5.73 Å². The zero-order valence-electron chi connectivity index (χ0n) is 6.77. The predicted molar refractivity (Wildman–Crippen MR) is 56.2 cm³/mol. The highest BCUT2D eigenvalue weighted by atomic mass is 35.5. The number of halogens is 1. The quantitative estimate of drug-likeness (QED) is 0.830. The van der Waals surface area contributed by atoms with Gasteiger partial charge in [0.1, 0.15) is 0 Å². The monoisotopic (exact) mass is 213 g/mol. The van der Waals surface area contributed by atoms with Crippen LogP contribution in [0.5, 0.6) is 0 Å². The summed E-state index contributed by atoms with van der Waals surface area (Å²) in [5.74, 6) is 0. The highest BCUT2D eigenvalue weighted by Crippen LogP contribution is 2.21. The van der Waals surface area contributed by atoms with Gasteiger partial charge < -0.3 is 5.73 Å². The van der Waals surface area contributed by atoms with Crippen LogP contribution in [0.25, 0.3) is 11.0 Å². The molecule has 0 saturated carbocycles. The zero-order valence-corrected chi connectivity index (χ0v) is 8.35. The molecule has 5 heteroatoms. The van der Waals surface area contributed by atoms with E-state index in [4.69, 9.17) is 17.3 Å². The lowest BCUT2D eigenvalue weighted by Gasteiger charge is -1.89. The van der Waals surface area contributed by atoms with Gasteiger partial charge in [0.05, 0.1) is 5.69 Å². The Morgan fingerprint density at radius 1 is 1.69 bits per heavy atom. The van der Waals surface area contributed by atoms with E-state index in [1.54, 1.807) is 11.3 Å². The number of aromatic nitrogens is 2. The van der Waals surface area contributed by atoms with E-state index in [1.165, 1.54) is 0 Å². The number of rotatable bonds is 2. The summed E-state index contributed by atoms with van der Waals surface area (Å²) in [6, 6.07) is 0. The standard InChI is InChI=1S/C8H8ClN3S/c9-7-6(2-1-3-10)12-4-5-13-8(12)11-7/h1-2,4-5H,3,10H2. The van der Waals surface area contributed by atoms with Gasteiger partial charge in [-0.2, -0.15) is 0 Å². The topological polar surface area (TPSA) is 43.3 Å². The lowest BCUT2D eigenvalue weighted by molar-refractivity contribution is 1.20. The van der Waals surface area contributed by atoms with Gasteiger partial charge in [0.2, 0.25) is 0 Å². The Morgan fingerprint density at radius 3 is 3.31 bits per heavy atom. The normalized spacial score (nSPS) is 11.8. The van der Waals surface area contributed by atoms with Gasteiger partial charge in [-0.15, -0.1) is 11.3 Å². The summed E-state index contributed by atoms with van der Waals surface area (Å²) in [6.07, 6.45) is 5.68. The Bertz CT molecular complexity index is 443. The molecular formula is C8H8ClN3S. The molecule has 2 rings (SSSR count). The number of nitrogens with zero attached hydrogens (tertiary/aromatic N) is 2. The number of fused-ring (bicyclic) bond motifs is 1. The van der Waals surface area contributed by atoms with Crippen molar-refractivity contribution in [2.75, 3.05) is 6.54 Å². The minimum Gasteiger partial charge on any atom is -0.327 e. The van der Waals surface area contributed by atoms with Crippen molar-refractivity contribution in [1.82, 2.24) is 9.38 Å². The van der Waals surface area contributed by atoms with Crippen molar-refractivity contribution in [3.8, 4) is 0 Å². The maximum absolute atomic E-state index is 5.93. The number of thiazole rings is 1. The molecule has 68 valence electrons. The third-order valence-electron chi connectivity index (χ3n) is 1.67. The minimum atomic E-state index is 0.508. The van der Waals surface area contributed by atoms with Crippen molar-refractivity contribution in [2.45, 2.75) is 0 Å². The first-order chi connectivity index (χ1) is 6.33. The Hall–Kier alpha value is -0.840. The Kier molecular flexibility index (Phi) is 2.35. The molecule has 2 aromatic rings. The molecule has 0 fully saturated rings. The first kappa shape index (κ1) is 8.74. The summed E-state index contributed by atoms with van der Waals surface area (Å²) in [5, 5.41) is 2.50. The Balaban J connectivity index is 2.57. The average Bonchev–Trinajstić information content (AvgIpc) is 2.62. The van der Waals surface area contributed by atoms with Crippen molar-refractivity contribution >= 4 is 34.0 Å². The lowest BCUT2D eigenvalue weighted by Crippen LogP contribution is -1.92. The first-order valence-corrected chi connectivity index (χ1v) is 5.06. The number of hydrogen-bond acceptors (Lipinski definition) is 3. The van der Waals surface area contributed by atoms with Crippen LogP contribution in [0.15, 0.2) is 17.7 Å². The largest absolute Gasteiger partial charge is 0.327 e. The van der Waals surface area contributed by atoms with Gasteiger partial charge in [-0.05, 0) is 6.08 Å². The lowest BCUT2D eigenvalue weighted by atomic mass is 10.4. The molecule has 0 aromatic carbocycles. The molecule has 2 N–H and O–H groups in total. The fourth-order valence-electron chi connectivity index (χ4n) is 1.11. The highest BCUT2D eigenvalue weighted by Gasteiger charge is 2.07. The van der Waals surface area contributed by atoms with Gasteiger partial charge >= 0.3 is 0 Å². The fourth-order valence-corrected chi connectivity index (χ4v) is 2.11. The van der Waals surface area contributed by atoms with E-state index in [9.17, 15) is 0 Å². The third-order valence-corrected chi connectivity index (χ3v) is 2.70. The summed E-state index contributed by atoms with van der Waals surface area (Å²) in [4.78, 5) is 5.09. The average molecular weight is 214 g/mol. The van der Waals surface area contributed by atoms with Crippen LogP contribution in [0.2, 0.25) is 5.15 Å². The smallest absolute Gasteiger partial charge is 0.195 e. The van der Waals surface area contributed by atoms with E-state index < -0.39 is 0 Å². The van der Waals surface area contributed by atoms with Gasteiger partial charge in [0, 0.05) is 18.1 Å². The van der Waals surface area contributed by atoms with Gasteiger partial charge in [0.25, 0.3) is 0 Å². The Labute approximate surface area is 84.5 Å². The molecular weight excluding hydrogens is 206 g/mol. The van der Waals surface area contributed by atoms with Crippen LogP contribution in [0.1, 0.15) is 5.69 Å². The van der Waals surface area contributed by atoms with Gasteiger partial charge in [-0.25, -0.2) is 4.98 Å². The molecule has 0 bridgehead atoms. The molecule has 0 spiro atoms. The molecule has 0 radical (unpaired) electrons. The number of imidazole rings is 1. The molecule has 0 unspecified atom stereocenters. The van der Waals surface area contributed by atoms with Gasteiger partial charge in [0.15, 0.2) is 10.1 Å². The van der Waals surface area contributed by atoms with Gasteiger partial charge in [-0.3, -0.25) is 4.40 Å². The summed E-state index contributed by atoms with van der Waals surface area (Å²) >= 11 is 7.49. The second kappa shape index (κ2) is 3.49. The van der Waals surface area contributed by atoms with Crippen LogP contribution in [0, 0.1) is 0 Å². The van der Waals surface area contributed by atoms with Crippen molar-refractivity contribution in [3.05, 3.63) is 28.5 Å². The maximum atomic E-state index is 5.93. The molecule has 3 nitrogen and oxygen atoms in total. The predicted octanol–water partition coefficient (Wildman–Crippen LogP) is 2.02. The summed E-state index contributed by atoms with van der Waals surface area (Å²) in [7, 11) is 0. The van der Waals surface area contributed by atoms with Crippen molar-refractivity contribution in [2.24, 2.45) is 5.73 Å². The van der Waals surface area contributed by atoms with Crippen LogP contribution in [0.3, 0.4) is 0 Å². The molecule has 0 aliphatic carbocycles. The Morgan fingerprint density at radius 2 is 2.54 bits per heavy atom. The summed E-state index contributed by atoms with van der Waals surface area (Å²) in [6.45, 7) is 0.508. The second-order valence-electron chi connectivity index (χ2n) is 2.48. The molecule has 2 aromatic heterocycles. The van der Waals surface area contributed by atoms with Crippen LogP contribution >= 0.6 is 22.9 Å². The molecule has 0 amide bonds. The number of nitrogens with two attached hydrogens (primary N) is 1. The van der Waals surface area contributed by atoms with Crippen LogP contribution in [-0.4, -0.2) is 15.9 Å². The molecule has 13 heavy (non-hydrogen) atoms. The fraction of sp³-hybridized carbons (Fsp3) is 0.125. The molecule has 0 saturated heterocycles. The molecule has 2 heterocycles. The molecule has 0 atom stereocenters. The van der Waals surface area contributed by atoms with Gasteiger partial charge in [-0.1, -0.05) is 17.7 Å². The van der Waals surface area contributed by atoms with Crippen molar-refractivity contribution in [1.29, 1.82) is 0 Å². The SMILES string of the molecule is NCC=Cc1c(Cl)nc2sccn12. The van der Waals surface area contributed by atoms with Crippen molar-refractivity contribution < 1.29 is 0 Å². The summed E-state index contributed by atoms with van der Waals surface area (Å²) < 4.78 is 1.94. The van der Waals surface area contributed by atoms with E-state index in [2.05, 4.69) is 4.98 Å². The third kappa shape index (κ3) is 1.48. The van der Waals surface area contributed by atoms with E-state index in [-0.39, 0.29) is 0 Å². The van der Waals surface area contributed by atoms with E-state index >= 15 is 0 Å².